The highest BCUT2D eigenvalue weighted by atomic mass is 16.5. The van der Waals surface area contributed by atoms with Gasteiger partial charge in [0, 0.05) is 38.5 Å². The minimum Gasteiger partial charge on any atom is -0.494 e. The summed E-state index contributed by atoms with van der Waals surface area (Å²) in [7, 11) is 2.02. The summed E-state index contributed by atoms with van der Waals surface area (Å²) < 4.78 is 5.47. The van der Waals surface area contributed by atoms with Crippen LogP contribution < -0.4 is 10.3 Å². The van der Waals surface area contributed by atoms with Crippen molar-refractivity contribution in [2.24, 2.45) is 0 Å². The largest absolute Gasteiger partial charge is 0.494 e. The predicted molar refractivity (Wildman–Crippen MR) is 115 cm³/mol. The molecular formula is C23H30N4O3. The molecule has 1 aromatic carbocycles. The molecule has 1 saturated heterocycles. The topological polar surface area (TPSA) is 78.5 Å². The van der Waals surface area contributed by atoms with Crippen molar-refractivity contribution in [2.45, 2.75) is 45.1 Å². The summed E-state index contributed by atoms with van der Waals surface area (Å²) in [6, 6.07) is 7.71. The van der Waals surface area contributed by atoms with Crippen molar-refractivity contribution in [3.05, 3.63) is 57.3 Å². The first-order valence-corrected chi connectivity index (χ1v) is 10.8. The molecule has 7 nitrogen and oxygen atoms in total. The average molecular weight is 411 g/mol. The van der Waals surface area contributed by atoms with Gasteiger partial charge in [0.1, 0.15) is 11.6 Å². The Labute approximate surface area is 177 Å². The molecule has 2 aromatic rings. The van der Waals surface area contributed by atoms with E-state index in [1.807, 2.05) is 43.1 Å². The second-order valence-electron chi connectivity index (χ2n) is 8.30. The summed E-state index contributed by atoms with van der Waals surface area (Å²) in [6.45, 7) is 5.51. The Morgan fingerprint density at radius 3 is 2.83 bits per heavy atom. The molecule has 0 saturated carbocycles. The number of H-pyrrole nitrogens is 1. The molecule has 1 amide bonds. The first-order chi connectivity index (χ1) is 14.5. The van der Waals surface area contributed by atoms with Crippen LogP contribution in [0.5, 0.6) is 5.75 Å². The van der Waals surface area contributed by atoms with E-state index >= 15 is 0 Å². The molecule has 1 atom stereocenters. The third kappa shape index (κ3) is 4.56. The number of ether oxygens (including phenoxy) is 1. The Morgan fingerprint density at radius 1 is 1.27 bits per heavy atom. The van der Waals surface area contributed by atoms with Gasteiger partial charge in [-0.2, -0.15) is 0 Å². The van der Waals surface area contributed by atoms with Crippen molar-refractivity contribution < 1.29 is 9.53 Å². The molecule has 160 valence electrons. The van der Waals surface area contributed by atoms with E-state index in [1.54, 1.807) is 0 Å². The summed E-state index contributed by atoms with van der Waals surface area (Å²) in [5, 5.41) is 0. The standard InChI is InChI=1S/C23H30N4O3/c1-3-30-18-8-6-16(7-9-18)13-21(28)27-11-4-5-17(14-27)22-24-20-10-12-26(2)15-19(20)23(29)25-22/h6-9,17H,3-5,10-15H2,1-2H3,(H,24,25,29)/t17-/m0/s1. The zero-order chi connectivity index (χ0) is 21.1. The molecule has 1 N–H and O–H groups in total. The van der Waals surface area contributed by atoms with Crippen molar-refractivity contribution >= 4 is 5.91 Å². The Kier molecular flexibility index (Phi) is 6.18. The maximum absolute atomic E-state index is 12.9. The first kappa shape index (κ1) is 20.6. The molecular weight excluding hydrogens is 380 g/mol. The maximum Gasteiger partial charge on any atom is 0.255 e. The van der Waals surface area contributed by atoms with Crippen molar-refractivity contribution in [2.75, 3.05) is 33.3 Å². The van der Waals surface area contributed by atoms with E-state index in [-0.39, 0.29) is 17.4 Å². The van der Waals surface area contributed by atoms with Gasteiger partial charge in [-0.15, -0.1) is 0 Å². The molecule has 2 aliphatic heterocycles. The number of rotatable bonds is 5. The van der Waals surface area contributed by atoms with Gasteiger partial charge in [-0.3, -0.25) is 9.59 Å². The molecule has 4 rings (SSSR count). The van der Waals surface area contributed by atoms with Crippen LogP contribution in [-0.2, 0) is 24.2 Å². The van der Waals surface area contributed by atoms with Gasteiger partial charge in [0.15, 0.2) is 0 Å². The number of benzene rings is 1. The third-order valence-electron chi connectivity index (χ3n) is 6.03. The number of hydrogen-bond donors (Lipinski definition) is 1. The van der Waals surface area contributed by atoms with Gasteiger partial charge in [-0.25, -0.2) is 4.98 Å². The van der Waals surface area contributed by atoms with E-state index in [0.717, 1.165) is 60.7 Å². The average Bonchev–Trinajstić information content (AvgIpc) is 2.76. The number of likely N-dealkylation sites (tertiary alicyclic amines) is 1. The van der Waals surface area contributed by atoms with Crippen molar-refractivity contribution in [1.29, 1.82) is 0 Å². The third-order valence-corrected chi connectivity index (χ3v) is 6.03. The number of fused-ring (bicyclic) bond motifs is 1. The van der Waals surface area contributed by atoms with Gasteiger partial charge < -0.3 is 19.5 Å². The summed E-state index contributed by atoms with van der Waals surface area (Å²) in [5.74, 6) is 1.76. The molecule has 0 spiro atoms. The molecule has 0 unspecified atom stereocenters. The highest BCUT2D eigenvalue weighted by Crippen LogP contribution is 2.26. The Morgan fingerprint density at radius 2 is 2.07 bits per heavy atom. The molecule has 0 radical (unpaired) electrons. The van der Waals surface area contributed by atoms with Crippen molar-refractivity contribution in [3.8, 4) is 5.75 Å². The minimum absolute atomic E-state index is 0.0283. The molecule has 7 heteroatoms. The monoisotopic (exact) mass is 410 g/mol. The number of amides is 1. The van der Waals surface area contributed by atoms with Crippen LogP contribution in [0.2, 0.25) is 0 Å². The van der Waals surface area contributed by atoms with Crippen LogP contribution in [0.25, 0.3) is 0 Å². The van der Waals surface area contributed by atoms with E-state index in [0.29, 0.717) is 26.1 Å². The molecule has 1 fully saturated rings. The Bertz CT molecular complexity index is 954. The zero-order valence-electron chi connectivity index (χ0n) is 17.8. The lowest BCUT2D eigenvalue weighted by Gasteiger charge is -2.33. The maximum atomic E-state index is 12.9. The van der Waals surface area contributed by atoms with E-state index in [9.17, 15) is 9.59 Å². The smallest absolute Gasteiger partial charge is 0.255 e. The van der Waals surface area contributed by atoms with Crippen LogP contribution in [0, 0.1) is 0 Å². The van der Waals surface area contributed by atoms with Gasteiger partial charge in [-0.05, 0) is 44.5 Å². The number of carbonyl (C=O) groups is 1. The second kappa shape index (κ2) is 9.00. The minimum atomic E-state index is -0.0283. The van der Waals surface area contributed by atoms with E-state index in [2.05, 4.69) is 9.88 Å². The highest BCUT2D eigenvalue weighted by Gasteiger charge is 2.28. The number of aromatic nitrogens is 2. The van der Waals surface area contributed by atoms with Crippen LogP contribution >= 0.6 is 0 Å². The summed E-state index contributed by atoms with van der Waals surface area (Å²) in [4.78, 5) is 37.3. The van der Waals surface area contributed by atoms with Crippen LogP contribution in [0.3, 0.4) is 0 Å². The van der Waals surface area contributed by atoms with Crippen molar-refractivity contribution in [3.63, 3.8) is 0 Å². The molecule has 0 bridgehead atoms. The Hall–Kier alpha value is -2.67. The SMILES string of the molecule is CCOc1ccc(CC(=O)N2CCC[C@H](c3nc4c(c(=O)[nH]3)CN(C)CC4)C2)cc1. The second-order valence-corrected chi connectivity index (χ2v) is 8.30. The molecule has 30 heavy (non-hydrogen) atoms. The number of likely N-dealkylation sites (N-methyl/N-ethyl adjacent to an activating group) is 1. The first-order valence-electron chi connectivity index (χ1n) is 10.8. The molecule has 2 aliphatic rings. The molecule has 1 aromatic heterocycles. The summed E-state index contributed by atoms with van der Waals surface area (Å²) in [6.07, 6.45) is 3.03. The fraction of sp³-hybridized carbons (Fsp3) is 0.522. The van der Waals surface area contributed by atoms with E-state index < -0.39 is 0 Å². The fourth-order valence-electron chi connectivity index (χ4n) is 4.36. The van der Waals surface area contributed by atoms with Crippen LogP contribution in [-0.4, -0.2) is 59.0 Å². The predicted octanol–water partition coefficient (Wildman–Crippen LogP) is 2.11. The van der Waals surface area contributed by atoms with Crippen LogP contribution in [0.4, 0.5) is 0 Å². The number of nitrogens with one attached hydrogen (secondary N) is 1. The Balaban J connectivity index is 1.43. The number of hydrogen-bond acceptors (Lipinski definition) is 5. The van der Waals surface area contributed by atoms with E-state index in [1.165, 1.54) is 0 Å². The van der Waals surface area contributed by atoms with Gasteiger partial charge in [0.05, 0.1) is 24.3 Å². The van der Waals surface area contributed by atoms with Crippen molar-refractivity contribution in [1.82, 2.24) is 19.8 Å². The number of nitrogens with zero attached hydrogens (tertiary/aromatic N) is 3. The van der Waals surface area contributed by atoms with Crippen LogP contribution in [0.15, 0.2) is 29.1 Å². The molecule has 0 aliphatic carbocycles. The summed E-state index contributed by atoms with van der Waals surface area (Å²) >= 11 is 0. The normalized spacial score (nSPS) is 19.4. The molecule has 3 heterocycles. The highest BCUT2D eigenvalue weighted by molar-refractivity contribution is 5.79. The van der Waals surface area contributed by atoms with Crippen LogP contribution in [0.1, 0.15) is 48.3 Å². The van der Waals surface area contributed by atoms with Gasteiger partial charge in [0.25, 0.3) is 5.56 Å². The lowest BCUT2D eigenvalue weighted by molar-refractivity contribution is -0.131. The van der Waals surface area contributed by atoms with Gasteiger partial charge >= 0.3 is 0 Å². The number of aromatic amines is 1. The lowest BCUT2D eigenvalue weighted by atomic mass is 9.95. The lowest BCUT2D eigenvalue weighted by Crippen LogP contribution is -2.41. The van der Waals surface area contributed by atoms with Gasteiger partial charge in [-0.1, -0.05) is 12.1 Å². The van der Waals surface area contributed by atoms with E-state index in [4.69, 9.17) is 9.72 Å². The number of carbonyl (C=O) groups excluding carboxylic acids is 1. The summed E-state index contributed by atoms with van der Waals surface area (Å²) in [5.41, 5.74) is 2.66. The quantitative estimate of drug-likeness (QED) is 0.817. The van der Waals surface area contributed by atoms with Gasteiger partial charge in [0.2, 0.25) is 5.91 Å². The fourth-order valence-corrected chi connectivity index (χ4v) is 4.36. The zero-order valence-corrected chi connectivity index (χ0v) is 17.8. The number of piperidine rings is 1.